The van der Waals surface area contributed by atoms with Gasteiger partial charge in [0.15, 0.2) is 0 Å². The summed E-state index contributed by atoms with van der Waals surface area (Å²) in [7, 11) is 0. The van der Waals surface area contributed by atoms with Gasteiger partial charge in [0.25, 0.3) is 5.91 Å². The van der Waals surface area contributed by atoms with Crippen molar-refractivity contribution in [3.8, 4) is 0 Å². The minimum atomic E-state index is -0.278. The van der Waals surface area contributed by atoms with E-state index >= 15 is 0 Å². The summed E-state index contributed by atoms with van der Waals surface area (Å²) >= 11 is 7.57. The van der Waals surface area contributed by atoms with Crippen molar-refractivity contribution in [2.24, 2.45) is 0 Å². The molecule has 0 fully saturated rings. The summed E-state index contributed by atoms with van der Waals surface area (Å²) < 4.78 is 0. The highest BCUT2D eigenvalue weighted by Crippen LogP contribution is 2.28. The first-order valence-corrected chi connectivity index (χ1v) is 9.68. The molecular formula is C21H19ClN2O2S. The van der Waals surface area contributed by atoms with E-state index in [0.29, 0.717) is 16.3 Å². The Labute approximate surface area is 167 Å². The van der Waals surface area contributed by atoms with E-state index in [2.05, 4.69) is 10.6 Å². The first-order valence-electron chi connectivity index (χ1n) is 8.42. The summed E-state index contributed by atoms with van der Waals surface area (Å²) in [5.74, 6) is -0.386. The molecule has 3 rings (SSSR count). The molecule has 0 aliphatic rings. The lowest BCUT2D eigenvalue weighted by Crippen LogP contribution is -2.29. The summed E-state index contributed by atoms with van der Waals surface area (Å²) in [5, 5.41) is 8.47. The van der Waals surface area contributed by atoms with Gasteiger partial charge in [0, 0.05) is 28.1 Å². The van der Waals surface area contributed by atoms with Gasteiger partial charge in [0.05, 0.1) is 6.04 Å². The van der Waals surface area contributed by atoms with Crippen molar-refractivity contribution in [2.75, 3.05) is 5.32 Å². The van der Waals surface area contributed by atoms with Crippen molar-refractivity contribution in [3.63, 3.8) is 0 Å². The lowest BCUT2D eigenvalue weighted by molar-refractivity contribution is -0.114. The molecule has 1 heterocycles. The van der Waals surface area contributed by atoms with Crippen molar-refractivity contribution in [2.45, 2.75) is 19.9 Å². The number of aryl methyl sites for hydroxylation is 1. The average Bonchev–Trinajstić information content (AvgIpc) is 3.16. The van der Waals surface area contributed by atoms with Crippen LogP contribution in [-0.4, -0.2) is 11.8 Å². The van der Waals surface area contributed by atoms with Crippen molar-refractivity contribution >= 4 is 40.4 Å². The Morgan fingerprint density at radius 3 is 2.44 bits per heavy atom. The van der Waals surface area contributed by atoms with Gasteiger partial charge in [-0.1, -0.05) is 35.9 Å². The molecule has 138 valence electrons. The van der Waals surface area contributed by atoms with Gasteiger partial charge in [0.1, 0.15) is 0 Å². The van der Waals surface area contributed by atoms with Crippen LogP contribution >= 0.6 is 22.9 Å². The zero-order valence-corrected chi connectivity index (χ0v) is 16.5. The van der Waals surface area contributed by atoms with Gasteiger partial charge in [-0.3, -0.25) is 9.59 Å². The van der Waals surface area contributed by atoms with Crippen molar-refractivity contribution in [1.29, 1.82) is 0 Å². The fraction of sp³-hybridized carbons (Fsp3) is 0.143. The van der Waals surface area contributed by atoms with Crippen molar-refractivity contribution < 1.29 is 9.59 Å². The maximum atomic E-state index is 12.9. The number of hydrogen-bond donors (Lipinski definition) is 2. The van der Waals surface area contributed by atoms with Crippen LogP contribution in [0.3, 0.4) is 0 Å². The Bertz CT molecular complexity index is 953. The fourth-order valence-corrected chi connectivity index (χ4v) is 3.66. The Kier molecular flexibility index (Phi) is 5.94. The second kappa shape index (κ2) is 8.37. The number of carbonyl (C=O) groups is 2. The third-order valence-corrected chi connectivity index (χ3v) is 5.31. The summed E-state index contributed by atoms with van der Waals surface area (Å²) in [4.78, 5) is 25.3. The minimum Gasteiger partial charge on any atom is -0.340 e. The van der Waals surface area contributed by atoms with Crippen LogP contribution in [0, 0.1) is 6.92 Å². The zero-order chi connectivity index (χ0) is 19.4. The number of halogens is 1. The molecule has 6 heteroatoms. The lowest BCUT2D eigenvalue weighted by atomic mass is 10.0. The number of thiophene rings is 1. The fourth-order valence-electron chi connectivity index (χ4n) is 2.73. The first kappa shape index (κ1) is 19.1. The molecule has 0 radical (unpaired) electrons. The van der Waals surface area contributed by atoms with Crippen LogP contribution in [0.4, 0.5) is 5.69 Å². The standard InChI is InChI=1S/C21H19ClN2O2S/c1-13-5-6-16(12-18(13)23-14(2)25)21(26)24-20(19-4-3-11-27-19)15-7-9-17(22)10-8-15/h3-12,20H,1-2H3,(H,23,25)(H,24,26). The molecule has 3 aromatic rings. The summed E-state index contributed by atoms with van der Waals surface area (Å²) in [6.45, 7) is 3.33. The Hall–Kier alpha value is -2.63. The number of nitrogens with one attached hydrogen (secondary N) is 2. The van der Waals surface area contributed by atoms with E-state index in [-0.39, 0.29) is 17.9 Å². The molecule has 0 spiro atoms. The first-order chi connectivity index (χ1) is 12.9. The number of benzene rings is 2. The highest BCUT2D eigenvalue weighted by molar-refractivity contribution is 7.10. The Balaban J connectivity index is 1.89. The van der Waals surface area contributed by atoms with Crippen LogP contribution in [0.5, 0.6) is 0 Å². The molecule has 0 aliphatic carbocycles. The van der Waals surface area contributed by atoms with Gasteiger partial charge in [0.2, 0.25) is 5.91 Å². The van der Waals surface area contributed by atoms with E-state index in [4.69, 9.17) is 11.6 Å². The Morgan fingerprint density at radius 1 is 1.07 bits per heavy atom. The molecule has 2 aromatic carbocycles. The van der Waals surface area contributed by atoms with Gasteiger partial charge in [-0.15, -0.1) is 11.3 Å². The van der Waals surface area contributed by atoms with Crippen LogP contribution < -0.4 is 10.6 Å². The van der Waals surface area contributed by atoms with E-state index < -0.39 is 0 Å². The molecular weight excluding hydrogens is 380 g/mol. The molecule has 2 amide bonds. The zero-order valence-electron chi connectivity index (χ0n) is 15.0. The number of anilines is 1. The summed E-state index contributed by atoms with van der Waals surface area (Å²) in [5.41, 5.74) is 2.97. The van der Waals surface area contributed by atoms with Crippen LogP contribution in [0.2, 0.25) is 5.02 Å². The normalized spacial score (nSPS) is 11.7. The van der Waals surface area contributed by atoms with Gasteiger partial charge in [-0.25, -0.2) is 0 Å². The molecule has 27 heavy (non-hydrogen) atoms. The maximum absolute atomic E-state index is 12.9. The maximum Gasteiger partial charge on any atom is 0.252 e. The van der Waals surface area contributed by atoms with Gasteiger partial charge >= 0.3 is 0 Å². The second-order valence-corrected chi connectivity index (χ2v) is 7.60. The van der Waals surface area contributed by atoms with E-state index in [9.17, 15) is 9.59 Å². The molecule has 0 saturated carbocycles. The minimum absolute atomic E-state index is 0.173. The summed E-state index contributed by atoms with van der Waals surface area (Å²) in [6, 6.07) is 16.4. The van der Waals surface area contributed by atoms with Crippen LogP contribution in [-0.2, 0) is 4.79 Å². The number of hydrogen-bond acceptors (Lipinski definition) is 3. The highest BCUT2D eigenvalue weighted by Gasteiger charge is 2.19. The van der Waals surface area contributed by atoms with Crippen LogP contribution in [0.25, 0.3) is 0 Å². The van der Waals surface area contributed by atoms with Gasteiger partial charge < -0.3 is 10.6 Å². The highest BCUT2D eigenvalue weighted by atomic mass is 35.5. The van der Waals surface area contributed by atoms with E-state index in [0.717, 1.165) is 16.0 Å². The third kappa shape index (κ3) is 4.76. The third-order valence-electron chi connectivity index (χ3n) is 4.12. The molecule has 0 aliphatic heterocycles. The van der Waals surface area contributed by atoms with Crippen LogP contribution in [0.15, 0.2) is 60.0 Å². The molecule has 1 aromatic heterocycles. The topological polar surface area (TPSA) is 58.2 Å². The average molecular weight is 399 g/mol. The van der Waals surface area contributed by atoms with Gasteiger partial charge in [-0.05, 0) is 53.8 Å². The van der Waals surface area contributed by atoms with E-state index in [1.54, 1.807) is 23.5 Å². The quantitative estimate of drug-likeness (QED) is 0.621. The lowest BCUT2D eigenvalue weighted by Gasteiger charge is -2.19. The number of carbonyl (C=O) groups excluding carboxylic acids is 2. The predicted molar refractivity (Wildman–Crippen MR) is 111 cm³/mol. The van der Waals surface area contributed by atoms with Crippen molar-refractivity contribution in [3.05, 3.63) is 86.6 Å². The number of amides is 2. The predicted octanol–water partition coefficient (Wildman–Crippen LogP) is 5.19. The molecule has 0 bridgehead atoms. The molecule has 2 N–H and O–H groups in total. The largest absolute Gasteiger partial charge is 0.340 e. The molecule has 1 atom stereocenters. The smallest absolute Gasteiger partial charge is 0.252 e. The second-order valence-electron chi connectivity index (χ2n) is 6.18. The molecule has 1 unspecified atom stereocenters. The van der Waals surface area contributed by atoms with Gasteiger partial charge in [-0.2, -0.15) is 0 Å². The molecule has 0 saturated heterocycles. The van der Waals surface area contributed by atoms with E-state index in [1.165, 1.54) is 6.92 Å². The van der Waals surface area contributed by atoms with Crippen LogP contribution in [0.1, 0.15) is 39.3 Å². The SMILES string of the molecule is CC(=O)Nc1cc(C(=O)NC(c2ccc(Cl)cc2)c2cccs2)ccc1C. The summed E-state index contributed by atoms with van der Waals surface area (Å²) in [6.07, 6.45) is 0. The number of rotatable bonds is 5. The Morgan fingerprint density at radius 2 is 1.81 bits per heavy atom. The monoisotopic (exact) mass is 398 g/mol. The van der Waals surface area contributed by atoms with E-state index in [1.807, 2.05) is 54.8 Å². The van der Waals surface area contributed by atoms with Crippen molar-refractivity contribution in [1.82, 2.24) is 5.32 Å². The molecule has 4 nitrogen and oxygen atoms in total.